The summed E-state index contributed by atoms with van der Waals surface area (Å²) in [5, 5.41) is 3.91. The van der Waals surface area contributed by atoms with Gasteiger partial charge >= 0.3 is 0 Å². The van der Waals surface area contributed by atoms with Crippen LogP contribution >= 0.6 is 11.8 Å². The number of rotatable bonds is 5. The van der Waals surface area contributed by atoms with Gasteiger partial charge in [-0.1, -0.05) is 12.1 Å². The first-order valence-electron chi connectivity index (χ1n) is 7.34. The molecule has 1 aliphatic heterocycles. The van der Waals surface area contributed by atoms with E-state index in [1.54, 1.807) is 7.11 Å². The highest BCUT2D eigenvalue weighted by atomic mass is 32.2. The Morgan fingerprint density at radius 1 is 1.21 bits per heavy atom. The first-order chi connectivity index (χ1) is 9.36. The van der Waals surface area contributed by atoms with Gasteiger partial charge in [0.2, 0.25) is 0 Å². The Hall–Kier alpha value is -0.670. The summed E-state index contributed by atoms with van der Waals surface area (Å²) < 4.78 is 5.25. The van der Waals surface area contributed by atoms with Gasteiger partial charge in [-0.3, -0.25) is 0 Å². The number of hydrogen-bond acceptors (Lipinski definition) is 3. The predicted molar refractivity (Wildman–Crippen MR) is 81.9 cm³/mol. The molecular formula is C16H23NOS. The molecular weight excluding hydrogens is 254 g/mol. The fourth-order valence-electron chi connectivity index (χ4n) is 2.87. The Balaban J connectivity index is 1.68. The average molecular weight is 277 g/mol. The number of nitrogens with one attached hydrogen (secondary N) is 1. The second-order valence-corrected chi connectivity index (χ2v) is 6.82. The minimum Gasteiger partial charge on any atom is -0.497 e. The lowest BCUT2D eigenvalue weighted by molar-refractivity contribution is 0.399. The van der Waals surface area contributed by atoms with E-state index in [4.69, 9.17) is 4.74 Å². The van der Waals surface area contributed by atoms with Crippen molar-refractivity contribution in [3.05, 3.63) is 29.8 Å². The monoisotopic (exact) mass is 277 g/mol. The van der Waals surface area contributed by atoms with Crippen LogP contribution in [0.4, 0.5) is 0 Å². The fourth-order valence-corrected chi connectivity index (χ4v) is 3.96. The van der Waals surface area contributed by atoms with Crippen LogP contribution in [0.15, 0.2) is 24.3 Å². The van der Waals surface area contributed by atoms with Crippen LogP contribution in [0.5, 0.6) is 5.75 Å². The molecule has 19 heavy (non-hydrogen) atoms. The van der Waals surface area contributed by atoms with Crippen molar-refractivity contribution in [3.63, 3.8) is 0 Å². The lowest BCUT2D eigenvalue weighted by Gasteiger charge is -2.28. The highest BCUT2D eigenvalue weighted by molar-refractivity contribution is 7.99. The van der Waals surface area contributed by atoms with Crippen LogP contribution in [0.3, 0.4) is 0 Å². The first kappa shape index (κ1) is 13.3. The molecule has 2 unspecified atom stereocenters. The summed E-state index contributed by atoms with van der Waals surface area (Å²) in [6, 6.07) is 9.88. The second kappa shape index (κ2) is 6.19. The van der Waals surface area contributed by atoms with Crippen LogP contribution in [0.1, 0.15) is 37.3 Å². The van der Waals surface area contributed by atoms with Crippen molar-refractivity contribution in [2.24, 2.45) is 5.92 Å². The Labute approximate surface area is 120 Å². The number of ether oxygens (including phenoxy) is 1. The minimum atomic E-state index is 0.551. The third kappa shape index (κ3) is 3.46. The van der Waals surface area contributed by atoms with Crippen molar-refractivity contribution in [1.82, 2.24) is 5.32 Å². The van der Waals surface area contributed by atoms with Crippen LogP contribution in [0.2, 0.25) is 0 Å². The van der Waals surface area contributed by atoms with Crippen LogP contribution in [0, 0.1) is 5.92 Å². The van der Waals surface area contributed by atoms with Crippen LogP contribution in [-0.2, 0) is 0 Å². The summed E-state index contributed by atoms with van der Waals surface area (Å²) in [5.74, 6) is 4.42. The Morgan fingerprint density at radius 3 is 2.58 bits per heavy atom. The third-order valence-corrected chi connectivity index (χ3v) is 5.36. The molecule has 0 spiro atoms. The maximum atomic E-state index is 5.25. The molecule has 1 aliphatic carbocycles. The van der Waals surface area contributed by atoms with Crippen molar-refractivity contribution >= 4 is 11.8 Å². The summed E-state index contributed by atoms with van der Waals surface area (Å²) in [4.78, 5) is 0. The minimum absolute atomic E-state index is 0.551. The van der Waals surface area contributed by atoms with Gasteiger partial charge in [0.15, 0.2) is 0 Å². The molecule has 2 fully saturated rings. The van der Waals surface area contributed by atoms with Crippen molar-refractivity contribution in [3.8, 4) is 5.75 Å². The topological polar surface area (TPSA) is 21.3 Å². The molecule has 1 saturated carbocycles. The SMILES string of the molecule is COc1ccc(C(NC2CCCSC2)C2CC2)cc1. The van der Waals surface area contributed by atoms with E-state index in [-0.39, 0.29) is 0 Å². The number of thioether (sulfide) groups is 1. The lowest BCUT2D eigenvalue weighted by Crippen LogP contribution is -2.37. The molecule has 1 N–H and O–H groups in total. The summed E-state index contributed by atoms with van der Waals surface area (Å²) in [6.07, 6.45) is 5.46. The fraction of sp³-hybridized carbons (Fsp3) is 0.625. The molecule has 1 aromatic carbocycles. The van der Waals surface area contributed by atoms with Gasteiger partial charge in [-0.15, -0.1) is 0 Å². The summed E-state index contributed by atoms with van der Waals surface area (Å²) in [5.41, 5.74) is 1.43. The Kier molecular flexibility index (Phi) is 4.34. The molecule has 0 amide bonds. The zero-order valence-electron chi connectivity index (χ0n) is 11.6. The Bertz CT molecular complexity index is 396. The molecule has 1 saturated heterocycles. The quantitative estimate of drug-likeness (QED) is 0.888. The van der Waals surface area contributed by atoms with Gasteiger partial charge in [0, 0.05) is 17.8 Å². The summed E-state index contributed by atoms with van der Waals surface area (Å²) in [6.45, 7) is 0. The first-order valence-corrected chi connectivity index (χ1v) is 8.50. The molecule has 0 aromatic heterocycles. The van der Waals surface area contributed by atoms with Crippen molar-refractivity contribution in [2.45, 2.75) is 37.8 Å². The highest BCUT2D eigenvalue weighted by Gasteiger charge is 2.33. The van der Waals surface area contributed by atoms with Gasteiger partial charge in [0.1, 0.15) is 5.75 Å². The average Bonchev–Trinajstić information content (AvgIpc) is 3.31. The predicted octanol–water partition coefficient (Wildman–Crippen LogP) is 3.63. The molecule has 3 heteroatoms. The van der Waals surface area contributed by atoms with Crippen molar-refractivity contribution in [2.75, 3.05) is 18.6 Å². The van der Waals surface area contributed by atoms with E-state index < -0.39 is 0 Å². The molecule has 0 radical (unpaired) electrons. The molecule has 104 valence electrons. The summed E-state index contributed by atoms with van der Waals surface area (Å²) >= 11 is 2.10. The van der Waals surface area contributed by atoms with E-state index in [9.17, 15) is 0 Å². The largest absolute Gasteiger partial charge is 0.497 e. The van der Waals surface area contributed by atoms with E-state index in [1.807, 2.05) is 0 Å². The van der Waals surface area contributed by atoms with Crippen LogP contribution < -0.4 is 10.1 Å². The van der Waals surface area contributed by atoms with E-state index in [0.717, 1.165) is 11.7 Å². The number of benzene rings is 1. The molecule has 2 aliphatic rings. The highest BCUT2D eigenvalue weighted by Crippen LogP contribution is 2.42. The van der Waals surface area contributed by atoms with Gasteiger partial charge in [0.25, 0.3) is 0 Å². The van der Waals surface area contributed by atoms with Crippen molar-refractivity contribution < 1.29 is 4.74 Å². The molecule has 3 rings (SSSR count). The normalized spacial score (nSPS) is 25.0. The lowest BCUT2D eigenvalue weighted by atomic mass is 10.0. The zero-order chi connectivity index (χ0) is 13.1. The zero-order valence-corrected chi connectivity index (χ0v) is 12.4. The molecule has 1 aromatic rings. The van der Waals surface area contributed by atoms with E-state index in [1.165, 1.54) is 42.8 Å². The van der Waals surface area contributed by atoms with Crippen LogP contribution in [-0.4, -0.2) is 24.7 Å². The van der Waals surface area contributed by atoms with Gasteiger partial charge in [-0.2, -0.15) is 11.8 Å². The maximum Gasteiger partial charge on any atom is 0.118 e. The molecule has 2 atom stereocenters. The maximum absolute atomic E-state index is 5.25. The molecule has 2 nitrogen and oxygen atoms in total. The van der Waals surface area contributed by atoms with Gasteiger partial charge in [0.05, 0.1) is 7.11 Å². The standard InChI is InChI=1S/C16H23NOS/c1-18-15-8-6-13(7-9-15)16(12-4-5-12)17-14-3-2-10-19-11-14/h6-9,12,14,16-17H,2-5,10-11H2,1H3. The smallest absolute Gasteiger partial charge is 0.118 e. The van der Waals surface area contributed by atoms with Gasteiger partial charge in [-0.05, 0) is 55.1 Å². The second-order valence-electron chi connectivity index (χ2n) is 5.67. The van der Waals surface area contributed by atoms with Gasteiger partial charge < -0.3 is 10.1 Å². The van der Waals surface area contributed by atoms with Crippen LogP contribution in [0.25, 0.3) is 0 Å². The van der Waals surface area contributed by atoms with E-state index in [0.29, 0.717) is 12.1 Å². The number of hydrogen-bond donors (Lipinski definition) is 1. The summed E-state index contributed by atoms with van der Waals surface area (Å²) in [7, 11) is 1.73. The molecule has 1 heterocycles. The van der Waals surface area contributed by atoms with Crippen molar-refractivity contribution in [1.29, 1.82) is 0 Å². The molecule has 0 bridgehead atoms. The van der Waals surface area contributed by atoms with E-state index >= 15 is 0 Å². The van der Waals surface area contributed by atoms with Gasteiger partial charge in [-0.25, -0.2) is 0 Å². The third-order valence-electron chi connectivity index (χ3n) is 4.14. The van der Waals surface area contributed by atoms with E-state index in [2.05, 4.69) is 41.3 Å². The Morgan fingerprint density at radius 2 is 2.00 bits per heavy atom. The number of methoxy groups -OCH3 is 1.